The quantitative estimate of drug-likeness (QED) is 0.311. The Hall–Kier alpha value is -1.57. The molecular formula is C22H36O2. The minimum absolute atomic E-state index is 0.114. The Morgan fingerprint density at radius 1 is 0.667 bits per heavy atom. The maximum atomic E-state index is 11.7. The predicted octanol–water partition coefficient (Wildman–Crippen LogP) is 6.70. The molecule has 0 heterocycles. The molecule has 0 N–H and O–H groups in total. The molecule has 0 atom stereocenters. The molecule has 0 aliphatic carbocycles. The Labute approximate surface area is 149 Å². The molecule has 0 aliphatic rings. The monoisotopic (exact) mass is 332 g/mol. The zero-order valence-electron chi connectivity index (χ0n) is 16.6. The average molecular weight is 333 g/mol. The van der Waals surface area contributed by atoms with Gasteiger partial charge in [-0.25, -0.2) is 0 Å². The lowest BCUT2D eigenvalue weighted by molar-refractivity contribution is -0.142. The second-order valence-electron chi connectivity index (χ2n) is 6.96. The largest absolute Gasteiger partial charge is 0.461 e. The van der Waals surface area contributed by atoms with Gasteiger partial charge in [0, 0.05) is 6.42 Å². The molecule has 0 saturated carbocycles. The van der Waals surface area contributed by atoms with Crippen LogP contribution in [0.5, 0.6) is 0 Å². The summed E-state index contributed by atoms with van der Waals surface area (Å²) in [5.41, 5.74) is 5.32. The van der Waals surface area contributed by atoms with Gasteiger partial charge in [0.15, 0.2) is 0 Å². The van der Waals surface area contributed by atoms with Crippen LogP contribution < -0.4 is 0 Å². The number of hydrogen-bond donors (Lipinski definition) is 0. The minimum atomic E-state index is -0.114. The summed E-state index contributed by atoms with van der Waals surface area (Å²) in [6.07, 6.45) is 14.1. The Morgan fingerprint density at radius 3 is 1.62 bits per heavy atom. The van der Waals surface area contributed by atoms with E-state index in [1.54, 1.807) is 0 Å². The molecule has 0 aromatic carbocycles. The van der Waals surface area contributed by atoms with Crippen molar-refractivity contribution < 1.29 is 9.53 Å². The summed E-state index contributed by atoms with van der Waals surface area (Å²) in [5.74, 6) is -0.114. The van der Waals surface area contributed by atoms with Crippen LogP contribution in [0.3, 0.4) is 0 Å². The third-order valence-corrected chi connectivity index (χ3v) is 3.70. The maximum Gasteiger partial charge on any atom is 0.306 e. The third kappa shape index (κ3) is 15.3. The highest BCUT2D eigenvalue weighted by atomic mass is 16.5. The lowest BCUT2D eigenvalue weighted by atomic mass is 10.1. The number of esters is 1. The van der Waals surface area contributed by atoms with Gasteiger partial charge >= 0.3 is 5.97 Å². The summed E-state index contributed by atoms with van der Waals surface area (Å²) >= 11 is 0. The fourth-order valence-corrected chi connectivity index (χ4v) is 2.17. The van der Waals surface area contributed by atoms with E-state index < -0.39 is 0 Å². The molecule has 0 bridgehead atoms. The van der Waals surface area contributed by atoms with E-state index in [1.807, 2.05) is 6.08 Å². The number of hydrogen-bond acceptors (Lipinski definition) is 2. The highest BCUT2D eigenvalue weighted by molar-refractivity contribution is 5.69. The van der Waals surface area contributed by atoms with Gasteiger partial charge in [-0.05, 0) is 79.7 Å². The van der Waals surface area contributed by atoms with Crippen LogP contribution in [-0.4, -0.2) is 12.6 Å². The van der Waals surface area contributed by atoms with Crippen molar-refractivity contribution in [2.24, 2.45) is 0 Å². The molecule has 0 rings (SSSR count). The van der Waals surface area contributed by atoms with Gasteiger partial charge in [-0.2, -0.15) is 0 Å². The van der Waals surface area contributed by atoms with Crippen molar-refractivity contribution in [3.05, 3.63) is 46.6 Å². The van der Waals surface area contributed by atoms with E-state index in [-0.39, 0.29) is 5.97 Å². The Bertz CT molecular complexity index is 438. The highest BCUT2D eigenvalue weighted by Crippen LogP contribution is 2.09. The van der Waals surface area contributed by atoms with E-state index in [2.05, 4.69) is 59.8 Å². The third-order valence-electron chi connectivity index (χ3n) is 3.70. The second-order valence-corrected chi connectivity index (χ2v) is 6.96. The summed E-state index contributed by atoms with van der Waals surface area (Å²) in [5, 5.41) is 0. The van der Waals surface area contributed by atoms with Crippen molar-refractivity contribution in [1.82, 2.24) is 0 Å². The van der Waals surface area contributed by atoms with Gasteiger partial charge in [0.2, 0.25) is 0 Å². The summed E-state index contributed by atoms with van der Waals surface area (Å²) in [6.45, 7) is 13.1. The van der Waals surface area contributed by atoms with Gasteiger partial charge in [0.05, 0.1) is 0 Å². The molecule has 0 spiro atoms. The Morgan fingerprint density at radius 2 is 1.12 bits per heavy atom. The van der Waals surface area contributed by atoms with E-state index in [4.69, 9.17) is 4.74 Å². The molecule has 2 nitrogen and oxygen atoms in total. The van der Waals surface area contributed by atoms with E-state index >= 15 is 0 Å². The van der Waals surface area contributed by atoms with E-state index in [0.29, 0.717) is 13.0 Å². The Kier molecular flexibility index (Phi) is 12.9. The predicted molar refractivity (Wildman–Crippen MR) is 105 cm³/mol. The SMILES string of the molecule is CC(C)=CCCC(C)=CCOC(=O)CC/C=C(\C)CCC=C(C)C. The molecule has 0 aromatic rings. The fraction of sp³-hybridized carbons (Fsp3) is 0.591. The fourth-order valence-electron chi connectivity index (χ4n) is 2.17. The van der Waals surface area contributed by atoms with Crippen LogP contribution in [0.2, 0.25) is 0 Å². The summed E-state index contributed by atoms with van der Waals surface area (Å²) in [6, 6.07) is 0. The lowest BCUT2D eigenvalue weighted by Gasteiger charge is -2.03. The van der Waals surface area contributed by atoms with Crippen LogP contribution in [0.25, 0.3) is 0 Å². The lowest BCUT2D eigenvalue weighted by Crippen LogP contribution is -2.04. The first-order valence-corrected chi connectivity index (χ1v) is 9.05. The zero-order chi connectivity index (χ0) is 18.4. The average Bonchev–Trinajstić information content (AvgIpc) is 2.46. The van der Waals surface area contributed by atoms with Crippen molar-refractivity contribution in [3.8, 4) is 0 Å². The first-order valence-electron chi connectivity index (χ1n) is 9.05. The van der Waals surface area contributed by atoms with Crippen LogP contribution in [0.1, 0.15) is 80.1 Å². The topological polar surface area (TPSA) is 26.3 Å². The zero-order valence-corrected chi connectivity index (χ0v) is 16.6. The molecule has 0 fully saturated rings. The molecule has 24 heavy (non-hydrogen) atoms. The molecule has 0 aliphatic heterocycles. The number of ether oxygens (including phenoxy) is 1. The van der Waals surface area contributed by atoms with Gasteiger partial charge in [0.1, 0.15) is 6.61 Å². The van der Waals surface area contributed by atoms with Crippen LogP contribution in [0.15, 0.2) is 46.6 Å². The molecule has 0 saturated heterocycles. The second kappa shape index (κ2) is 13.8. The van der Waals surface area contributed by atoms with Gasteiger partial charge in [-0.1, -0.05) is 40.5 Å². The molecule has 0 aromatic heterocycles. The maximum absolute atomic E-state index is 11.7. The van der Waals surface area contributed by atoms with Crippen LogP contribution in [0, 0.1) is 0 Å². The summed E-state index contributed by atoms with van der Waals surface area (Å²) in [4.78, 5) is 11.7. The van der Waals surface area contributed by atoms with Gasteiger partial charge in [-0.15, -0.1) is 0 Å². The van der Waals surface area contributed by atoms with Crippen molar-refractivity contribution in [1.29, 1.82) is 0 Å². The molecule has 2 heteroatoms. The normalized spacial score (nSPS) is 11.9. The van der Waals surface area contributed by atoms with Crippen molar-refractivity contribution in [2.45, 2.75) is 80.1 Å². The van der Waals surface area contributed by atoms with Gasteiger partial charge in [0.25, 0.3) is 0 Å². The van der Waals surface area contributed by atoms with Crippen molar-refractivity contribution in [2.75, 3.05) is 6.61 Å². The standard InChI is InChI=1S/C22H36O2/c1-18(2)10-7-12-20(5)14-9-15-22(23)24-17-16-21(6)13-8-11-19(3)4/h10-11,14,16H,7-9,12-13,15,17H2,1-6H3/b20-14+,21-16?. The highest BCUT2D eigenvalue weighted by Gasteiger charge is 2.00. The first-order chi connectivity index (χ1) is 11.3. The van der Waals surface area contributed by atoms with Crippen LogP contribution in [-0.2, 0) is 9.53 Å². The number of carbonyl (C=O) groups excluding carboxylic acids is 1. The van der Waals surface area contributed by atoms with Crippen LogP contribution >= 0.6 is 0 Å². The van der Waals surface area contributed by atoms with E-state index in [0.717, 1.165) is 32.1 Å². The molecule has 0 unspecified atom stereocenters. The molecule has 0 amide bonds. The van der Waals surface area contributed by atoms with E-state index in [9.17, 15) is 4.79 Å². The van der Waals surface area contributed by atoms with Gasteiger partial charge in [-0.3, -0.25) is 4.79 Å². The smallest absolute Gasteiger partial charge is 0.306 e. The number of rotatable bonds is 11. The number of carbonyl (C=O) groups is 1. The van der Waals surface area contributed by atoms with E-state index in [1.165, 1.54) is 22.3 Å². The molecule has 136 valence electrons. The molecule has 0 radical (unpaired) electrons. The van der Waals surface area contributed by atoms with Gasteiger partial charge < -0.3 is 4.74 Å². The van der Waals surface area contributed by atoms with Crippen molar-refractivity contribution >= 4 is 5.97 Å². The van der Waals surface area contributed by atoms with Crippen molar-refractivity contribution in [3.63, 3.8) is 0 Å². The van der Waals surface area contributed by atoms with Crippen LogP contribution in [0.4, 0.5) is 0 Å². The summed E-state index contributed by atoms with van der Waals surface area (Å²) in [7, 11) is 0. The molecular weight excluding hydrogens is 296 g/mol. The summed E-state index contributed by atoms with van der Waals surface area (Å²) < 4.78 is 5.27. The first kappa shape index (κ1) is 22.4. The number of allylic oxidation sites excluding steroid dienone is 7. The minimum Gasteiger partial charge on any atom is -0.461 e. The Balaban J connectivity index is 3.90.